The molecule has 0 unspecified atom stereocenters. The minimum atomic E-state index is -0.164. The molecule has 2 aromatic carbocycles. The Morgan fingerprint density at radius 2 is 1.73 bits per heavy atom. The summed E-state index contributed by atoms with van der Waals surface area (Å²) in [5.41, 5.74) is 3.21. The number of nitrogens with one attached hydrogen (secondary N) is 1. The van der Waals surface area contributed by atoms with E-state index in [1.807, 2.05) is 54.6 Å². The number of hydrogen-bond donors (Lipinski definition) is 1. The number of rotatable bonds is 3. The van der Waals surface area contributed by atoms with Crippen molar-refractivity contribution >= 4 is 34.0 Å². The third kappa shape index (κ3) is 3.42. The largest absolute Gasteiger partial charge is 0.371 e. The third-order valence-corrected chi connectivity index (χ3v) is 4.66. The van der Waals surface area contributed by atoms with Crippen molar-refractivity contribution in [1.29, 1.82) is 0 Å². The highest BCUT2D eigenvalue weighted by atomic mass is 16.1. The predicted molar refractivity (Wildman–Crippen MR) is 103 cm³/mol. The molecular formula is C21H19N3O2. The molecule has 1 saturated heterocycles. The Hall–Kier alpha value is -3.21. The molecule has 1 aliphatic rings. The molecule has 1 fully saturated rings. The molecule has 130 valence electrons. The van der Waals surface area contributed by atoms with E-state index < -0.39 is 0 Å². The van der Waals surface area contributed by atoms with Gasteiger partial charge in [-0.15, -0.1) is 0 Å². The van der Waals surface area contributed by atoms with E-state index in [1.165, 1.54) is 0 Å². The van der Waals surface area contributed by atoms with Gasteiger partial charge in [-0.05, 0) is 36.4 Å². The quantitative estimate of drug-likeness (QED) is 0.787. The number of aromatic nitrogens is 1. The smallest absolute Gasteiger partial charge is 0.255 e. The summed E-state index contributed by atoms with van der Waals surface area (Å²) in [4.78, 5) is 30.4. The molecule has 26 heavy (non-hydrogen) atoms. The summed E-state index contributed by atoms with van der Waals surface area (Å²) < 4.78 is 0. The minimum Gasteiger partial charge on any atom is -0.371 e. The summed E-state index contributed by atoms with van der Waals surface area (Å²) in [5.74, 6) is 0.156. The zero-order chi connectivity index (χ0) is 17.9. The molecule has 5 heteroatoms. The highest BCUT2D eigenvalue weighted by Gasteiger charge is 2.16. The van der Waals surface area contributed by atoms with Crippen molar-refractivity contribution in [3.8, 4) is 0 Å². The van der Waals surface area contributed by atoms with E-state index in [0.717, 1.165) is 29.7 Å². The first-order chi connectivity index (χ1) is 12.7. The van der Waals surface area contributed by atoms with E-state index in [-0.39, 0.29) is 5.91 Å². The van der Waals surface area contributed by atoms with E-state index in [2.05, 4.69) is 15.2 Å². The monoisotopic (exact) mass is 345 g/mol. The molecule has 1 aromatic heterocycles. The Balaban J connectivity index is 1.46. The molecule has 4 rings (SSSR count). The van der Waals surface area contributed by atoms with Crippen LogP contribution in [0.2, 0.25) is 0 Å². The van der Waals surface area contributed by atoms with Crippen LogP contribution in [-0.2, 0) is 4.79 Å². The number of para-hydroxylation sites is 1. The lowest BCUT2D eigenvalue weighted by molar-refractivity contribution is -0.119. The van der Waals surface area contributed by atoms with E-state index in [4.69, 9.17) is 0 Å². The maximum Gasteiger partial charge on any atom is 0.255 e. The van der Waals surface area contributed by atoms with Crippen molar-refractivity contribution in [3.05, 3.63) is 66.4 Å². The van der Waals surface area contributed by atoms with Gasteiger partial charge in [0, 0.05) is 42.6 Å². The van der Waals surface area contributed by atoms with Crippen molar-refractivity contribution in [2.24, 2.45) is 0 Å². The zero-order valence-electron chi connectivity index (χ0n) is 14.3. The van der Waals surface area contributed by atoms with Crippen LogP contribution in [0.1, 0.15) is 23.2 Å². The van der Waals surface area contributed by atoms with Crippen LogP contribution < -0.4 is 10.2 Å². The van der Waals surface area contributed by atoms with Gasteiger partial charge in [0.05, 0.1) is 17.4 Å². The molecule has 0 radical (unpaired) electrons. The fraction of sp³-hybridized carbons (Fsp3) is 0.190. The molecule has 0 aliphatic carbocycles. The standard InChI is InChI=1S/C21H19N3O2/c25-19-9-11-24(12-10-19)18-7-5-15(6-8-18)21(26)23-17-13-16-3-1-2-4-20(16)22-14-17/h1-8,13-14H,9-12H2,(H,23,26). The lowest BCUT2D eigenvalue weighted by Gasteiger charge is -2.28. The molecule has 0 bridgehead atoms. The Morgan fingerprint density at radius 1 is 1.00 bits per heavy atom. The maximum absolute atomic E-state index is 12.5. The topological polar surface area (TPSA) is 62.3 Å². The number of amides is 1. The second-order valence-electron chi connectivity index (χ2n) is 6.44. The van der Waals surface area contributed by atoms with Crippen molar-refractivity contribution in [2.45, 2.75) is 12.8 Å². The second kappa shape index (κ2) is 6.96. The van der Waals surface area contributed by atoms with Crippen molar-refractivity contribution in [3.63, 3.8) is 0 Å². The number of carbonyl (C=O) groups excluding carboxylic acids is 2. The van der Waals surface area contributed by atoms with Crippen molar-refractivity contribution in [1.82, 2.24) is 4.98 Å². The zero-order valence-corrected chi connectivity index (χ0v) is 14.3. The molecule has 0 atom stereocenters. The summed E-state index contributed by atoms with van der Waals surface area (Å²) in [5, 5.41) is 3.88. The maximum atomic E-state index is 12.5. The number of hydrogen-bond acceptors (Lipinski definition) is 4. The summed E-state index contributed by atoms with van der Waals surface area (Å²) in [7, 11) is 0. The van der Waals surface area contributed by atoms with Gasteiger partial charge in [-0.3, -0.25) is 14.6 Å². The van der Waals surface area contributed by atoms with Gasteiger partial charge >= 0.3 is 0 Å². The van der Waals surface area contributed by atoms with Crippen LogP contribution >= 0.6 is 0 Å². The highest BCUT2D eigenvalue weighted by molar-refractivity contribution is 6.05. The van der Waals surface area contributed by atoms with Crippen LogP contribution in [0.25, 0.3) is 10.9 Å². The van der Waals surface area contributed by atoms with Crippen LogP contribution in [0.15, 0.2) is 60.8 Å². The van der Waals surface area contributed by atoms with Gasteiger partial charge in [0.1, 0.15) is 5.78 Å². The van der Waals surface area contributed by atoms with Crippen LogP contribution in [0.5, 0.6) is 0 Å². The van der Waals surface area contributed by atoms with Crippen LogP contribution in [-0.4, -0.2) is 29.8 Å². The lowest BCUT2D eigenvalue weighted by atomic mass is 10.1. The first kappa shape index (κ1) is 16.3. The van der Waals surface area contributed by atoms with Gasteiger partial charge in [-0.2, -0.15) is 0 Å². The van der Waals surface area contributed by atoms with Crippen molar-refractivity contribution < 1.29 is 9.59 Å². The van der Waals surface area contributed by atoms with Gasteiger partial charge in [0.15, 0.2) is 0 Å². The van der Waals surface area contributed by atoms with Crippen LogP contribution in [0, 0.1) is 0 Å². The number of carbonyl (C=O) groups is 2. The minimum absolute atomic E-state index is 0.164. The van der Waals surface area contributed by atoms with E-state index >= 15 is 0 Å². The summed E-state index contributed by atoms with van der Waals surface area (Å²) in [6.07, 6.45) is 2.85. The number of anilines is 2. The normalized spacial score (nSPS) is 14.5. The number of piperidine rings is 1. The Kier molecular flexibility index (Phi) is 4.35. The van der Waals surface area contributed by atoms with Crippen LogP contribution in [0.4, 0.5) is 11.4 Å². The Bertz CT molecular complexity index is 956. The number of ketones is 1. The van der Waals surface area contributed by atoms with E-state index in [9.17, 15) is 9.59 Å². The first-order valence-corrected chi connectivity index (χ1v) is 8.72. The van der Waals surface area contributed by atoms with Gasteiger partial charge in [-0.25, -0.2) is 0 Å². The number of benzene rings is 2. The molecule has 0 spiro atoms. The Morgan fingerprint density at radius 3 is 2.50 bits per heavy atom. The molecular weight excluding hydrogens is 326 g/mol. The average molecular weight is 345 g/mol. The van der Waals surface area contributed by atoms with Crippen LogP contribution in [0.3, 0.4) is 0 Å². The number of pyridine rings is 1. The first-order valence-electron chi connectivity index (χ1n) is 8.72. The average Bonchev–Trinajstić information content (AvgIpc) is 2.68. The molecule has 3 aromatic rings. The highest BCUT2D eigenvalue weighted by Crippen LogP contribution is 2.20. The van der Waals surface area contributed by atoms with Gasteiger partial charge in [0.25, 0.3) is 5.91 Å². The molecule has 1 amide bonds. The number of fused-ring (bicyclic) bond motifs is 1. The SMILES string of the molecule is O=C1CCN(c2ccc(C(=O)Nc3cnc4ccccc4c3)cc2)CC1. The molecule has 1 aliphatic heterocycles. The van der Waals surface area contributed by atoms with E-state index in [0.29, 0.717) is 29.9 Å². The number of Topliss-reactive ketones (excluding diaryl/α,β-unsaturated/α-hetero) is 1. The molecule has 5 nitrogen and oxygen atoms in total. The second-order valence-corrected chi connectivity index (χ2v) is 6.44. The summed E-state index contributed by atoms with van der Waals surface area (Å²) >= 11 is 0. The lowest BCUT2D eigenvalue weighted by Crippen LogP contribution is -2.33. The van der Waals surface area contributed by atoms with Gasteiger partial charge in [0.2, 0.25) is 0 Å². The van der Waals surface area contributed by atoms with Crippen molar-refractivity contribution in [2.75, 3.05) is 23.3 Å². The third-order valence-electron chi connectivity index (χ3n) is 4.66. The number of nitrogens with zero attached hydrogens (tertiary/aromatic N) is 2. The van der Waals surface area contributed by atoms with E-state index in [1.54, 1.807) is 6.20 Å². The molecule has 0 saturated carbocycles. The van der Waals surface area contributed by atoms with Gasteiger partial charge in [-0.1, -0.05) is 18.2 Å². The fourth-order valence-electron chi connectivity index (χ4n) is 3.18. The fourth-order valence-corrected chi connectivity index (χ4v) is 3.18. The summed E-state index contributed by atoms with van der Waals surface area (Å²) in [6.45, 7) is 1.49. The predicted octanol–water partition coefficient (Wildman–Crippen LogP) is 3.66. The Labute approximate surface area is 151 Å². The molecule has 2 heterocycles. The summed E-state index contributed by atoms with van der Waals surface area (Å²) in [6, 6.07) is 17.2. The van der Waals surface area contributed by atoms with Gasteiger partial charge < -0.3 is 10.2 Å². The molecule has 1 N–H and O–H groups in total.